The van der Waals surface area contributed by atoms with Gasteiger partial charge in [0.05, 0.1) is 0 Å². The molecule has 0 aliphatic carbocycles. The molecule has 1 nitrogen and oxygen atoms in total. The molecule has 0 atom stereocenters. The fraction of sp³-hybridized carbons (Fsp3) is 0.167. The Balaban J connectivity index is 2.25. The average molecular weight is 301 g/mol. The molecule has 2 aromatic rings. The van der Waals surface area contributed by atoms with Crippen molar-refractivity contribution in [1.82, 2.24) is 4.98 Å². The Kier molecular flexibility index (Phi) is 5.37. The topological polar surface area (TPSA) is 12.9 Å². The molecule has 0 unspecified atom stereocenters. The smallest absolute Gasteiger partial charge is 0.184 e. The second-order valence-corrected chi connectivity index (χ2v) is 4.62. The lowest BCUT2D eigenvalue weighted by Crippen LogP contribution is -1.89. The Morgan fingerprint density at radius 2 is 1.77 bits per heavy atom. The number of hydrogen-bond donors (Lipinski definition) is 0. The van der Waals surface area contributed by atoms with Gasteiger partial charge in [0.2, 0.25) is 0 Å². The molecule has 0 radical (unpaired) electrons. The largest absolute Gasteiger partial charge is 0.252 e. The summed E-state index contributed by atoms with van der Waals surface area (Å²) in [5.41, 5.74) is 0.488. The summed E-state index contributed by atoms with van der Waals surface area (Å²) in [6, 6.07) is 7.45. The van der Waals surface area contributed by atoms with Crippen molar-refractivity contribution in [3.05, 3.63) is 65.2 Å². The first-order valence-electron chi connectivity index (χ1n) is 6.88. The van der Waals surface area contributed by atoms with Crippen LogP contribution in [0.5, 0.6) is 0 Å². The Morgan fingerprint density at radius 3 is 2.36 bits per heavy atom. The fourth-order valence-corrected chi connectivity index (χ4v) is 1.72. The number of pyridine rings is 1. The predicted octanol–water partition coefficient (Wildman–Crippen LogP) is 5.14. The van der Waals surface area contributed by atoms with Crippen molar-refractivity contribution in [2.45, 2.75) is 19.8 Å². The van der Waals surface area contributed by atoms with Gasteiger partial charge in [-0.15, -0.1) is 0 Å². The van der Waals surface area contributed by atoms with Crippen LogP contribution in [-0.4, -0.2) is 4.98 Å². The summed E-state index contributed by atoms with van der Waals surface area (Å²) in [6.07, 6.45) is 3.13. The third-order valence-corrected chi connectivity index (χ3v) is 2.89. The van der Waals surface area contributed by atoms with E-state index in [0.717, 1.165) is 25.0 Å². The number of rotatable bonds is 3. The lowest BCUT2D eigenvalue weighted by molar-refractivity contribution is 0.627. The number of aromatic nitrogens is 1. The molecular formula is C18H14F3N. The van der Waals surface area contributed by atoms with E-state index in [1.807, 2.05) is 6.92 Å². The van der Waals surface area contributed by atoms with Gasteiger partial charge < -0.3 is 0 Å². The van der Waals surface area contributed by atoms with Gasteiger partial charge in [-0.05, 0) is 42.8 Å². The highest BCUT2D eigenvalue weighted by molar-refractivity contribution is 5.81. The summed E-state index contributed by atoms with van der Waals surface area (Å²) >= 11 is 0. The highest BCUT2D eigenvalue weighted by Crippen LogP contribution is 2.27. The maximum atomic E-state index is 14.1. The van der Waals surface area contributed by atoms with Crippen molar-refractivity contribution >= 4 is 11.7 Å². The van der Waals surface area contributed by atoms with Crippen LogP contribution in [0.2, 0.25) is 0 Å². The minimum Gasteiger partial charge on any atom is -0.252 e. The molecule has 4 heteroatoms. The molecule has 0 spiro atoms. The third kappa shape index (κ3) is 3.98. The van der Waals surface area contributed by atoms with Gasteiger partial charge in [0, 0.05) is 23.7 Å². The van der Waals surface area contributed by atoms with E-state index in [4.69, 9.17) is 0 Å². The second kappa shape index (κ2) is 7.46. The third-order valence-electron chi connectivity index (χ3n) is 2.89. The zero-order valence-electron chi connectivity index (χ0n) is 12.0. The van der Waals surface area contributed by atoms with Crippen LogP contribution in [0.15, 0.2) is 42.6 Å². The van der Waals surface area contributed by atoms with Gasteiger partial charge in [0.1, 0.15) is 11.5 Å². The first-order chi connectivity index (χ1) is 10.6. The normalized spacial score (nSPS) is 11.5. The number of nitrogens with zero attached hydrogens (tertiary/aromatic N) is 1. The summed E-state index contributed by atoms with van der Waals surface area (Å²) < 4.78 is 40.9. The van der Waals surface area contributed by atoms with Crippen LogP contribution >= 0.6 is 0 Å². The molecule has 1 aromatic heterocycles. The van der Waals surface area contributed by atoms with Crippen molar-refractivity contribution < 1.29 is 13.2 Å². The van der Waals surface area contributed by atoms with Crippen LogP contribution < -0.4 is 0 Å². The van der Waals surface area contributed by atoms with Crippen LogP contribution in [0, 0.1) is 17.7 Å². The fourth-order valence-electron chi connectivity index (χ4n) is 1.72. The van der Waals surface area contributed by atoms with E-state index in [0.29, 0.717) is 5.56 Å². The first-order valence-corrected chi connectivity index (χ1v) is 6.88. The van der Waals surface area contributed by atoms with Gasteiger partial charge in [-0.2, -0.15) is 0 Å². The standard InChI is InChI=1S/C18H14F3N/c1-2-3-4-5-13-6-11-16(22-12-13)18(21)17(20)14-7-9-15(19)10-8-14/h6-12H,2-3H2,1H3/b18-17-. The Labute approximate surface area is 127 Å². The van der Waals surface area contributed by atoms with Crippen LogP contribution in [0.3, 0.4) is 0 Å². The van der Waals surface area contributed by atoms with Crippen LogP contribution in [-0.2, 0) is 0 Å². The van der Waals surface area contributed by atoms with Crippen molar-refractivity contribution in [2.24, 2.45) is 0 Å². The molecule has 0 bridgehead atoms. The second-order valence-electron chi connectivity index (χ2n) is 4.62. The van der Waals surface area contributed by atoms with Crippen LogP contribution in [0.4, 0.5) is 13.2 Å². The van der Waals surface area contributed by atoms with Gasteiger partial charge in [-0.25, -0.2) is 13.2 Å². The molecule has 1 aromatic carbocycles. The molecule has 0 aliphatic heterocycles. The highest BCUT2D eigenvalue weighted by Gasteiger charge is 2.12. The molecular weight excluding hydrogens is 287 g/mol. The van der Waals surface area contributed by atoms with E-state index >= 15 is 0 Å². The summed E-state index contributed by atoms with van der Waals surface area (Å²) in [6.45, 7) is 2.02. The monoisotopic (exact) mass is 301 g/mol. The maximum Gasteiger partial charge on any atom is 0.184 e. The maximum absolute atomic E-state index is 14.1. The lowest BCUT2D eigenvalue weighted by atomic mass is 10.1. The molecule has 0 N–H and O–H groups in total. The number of hydrogen-bond acceptors (Lipinski definition) is 1. The summed E-state index contributed by atoms with van der Waals surface area (Å²) in [4.78, 5) is 3.87. The first kappa shape index (κ1) is 15.8. The van der Waals surface area contributed by atoms with Crippen molar-refractivity contribution in [1.29, 1.82) is 0 Å². The molecule has 0 saturated carbocycles. The molecule has 0 fully saturated rings. The zero-order valence-corrected chi connectivity index (χ0v) is 12.0. The summed E-state index contributed by atoms with van der Waals surface area (Å²) in [5.74, 6) is 3.18. The number of halogens is 3. The van der Waals surface area contributed by atoms with E-state index in [1.165, 1.54) is 24.4 Å². The summed E-state index contributed by atoms with van der Waals surface area (Å²) in [7, 11) is 0. The Morgan fingerprint density at radius 1 is 1.05 bits per heavy atom. The minimum atomic E-state index is -1.08. The molecule has 1 heterocycles. The average Bonchev–Trinajstić information content (AvgIpc) is 2.55. The van der Waals surface area contributed by atoms with Gasteiger partial charge in [0.25, 0.3) is 0 Å². The van der Waals surface area contributed by atoms with E-state index in [9.17, 15) is 13.2 Å². The summed E-state index contributed by atoms with van der Waals surface area (Å²) in [5, 5.41) is 0. The van der Waals surface area contributed by atoms with Gasteiger partial charge in [0.15, 0.2) is 11.7 Å². The molecule has 22 heavy (non-hydrogen) atoms. The lowest BCUT2D eigenvalue weighted by Gasteiger charge is -2.02. The SMILES string of the molecule is CCCC#Cc1ccc(/C(F)=C(/F)c2ccc(F)cc2)nc1. The quantitative estimate of drug-likeness (QED) is 0.716. The molecule has 112 valence electrons. The van der Waals surface area contributed by atoms with E-state index in [1.54, 1.807) is 6.07 Å². The van der Waals surface area contributed by atoms with Crippen molar-refractivity contribution in [3.8, 4) is 11.8 Å². The number of unbranched alkanes of at least 4 members (excludes halogenated alkanes) is 1. The van der Waals surface area contributed by atoms with Gasteiger partial charge in [-0.3, -0.25) is 4.98 Å². The zero-order chi connectivity index (χ0) is 15.9. The predicted molar refractivity (Wildman–Crippen MR) is 81.5 cm³/mol. The van der Waals surface area contributed by atoms with Gasteiger partial charge >= 0.3 is 0 Å². The molecule has 2 rings (SSSR count). The van der Waals surface area contributed by atoms with E-state index < -0.39 is 17.5 Å². The highest BCUT2D eigenvalue weighted by atomic mass is 19.2. The van der Waals surface area contributed by atoms with Crippen LogP contribution in [0.25, 0.3) is 11.7 Å². The van der Waals surface area contributed by atoms with Crippen molar-refractivity contribution in [2.75, 3.05) is 0 Å². The van der Waals surface area contributed by atoms with E-state index in [-0.39, 0.29) is 11.3 Å². The Hall–Kier alpha value is -2.54. The molecule has 0 aliphatic rings. The van der Waals surface area contributed by atoms with E-state index in [2.05, 4.69) is 16.8 Å². The van der Waals surface area contributed by atoms with Crippen LogP contribution in [0.1, 0.15) is 36.6 Å². The minimum absolute atomic E-state index is 0.0347. The van der Waals surface area contributed by atoms with Crippen molar-refractivity contribution in [3.63, 3.8) is 0 Å². The number of benzene rings is 1. The Bertz CT molecular complexity index is 720. The van der Waals surface area contributed by atoms with Gasteiger partial charge in [-0.1, -0.05) is 18.8 Å². The molecule has 0 saturated heterocycles. The molecule has 0 amide bonds.